The second kappa shape index (κ2) is 7.53. The molecular weight excluding hydrogens is 274 g/mol. The Kier molecular flexibility index (Phi) is 5.72. The van der Waals surface area contributed by atoms with Crippen molar-refractivity contribution in [1.29, 1.82) is 0 Å². The molecule has 1 aliphatic rings. The van der Waals surface area contributed by atoms with Crippen molar-refractivity contribution in [3.8, 4) is 5.75 Å². The van der Waals surface area contributed by atoms with Crippen LogP contribution in [0, 0.1) is 5.92 Å². The Bertz CT molecular complexity index is 433. The molecule has 0 bridgehead atoms. The Morgan fingerprint density at radius 3 is 2.75 bits per heavy atom. The number of hydrogen-bond donors (Lipinski definition) is 1. The van der Waals surface area contributed by atoms with Gasteiger partial charge in [0.05, 0.1) is 6.61 Å². The van der Waals surface area contributed by atoms with Gasteiger partial charge >= 0.3 is 0 Å². The van der Waals surface area contributed by atoms with Gasteiger partial charge in [-0.1, -0.05) is 6.42 Å². The van der Waals surface area contributed by atoms with Crippen LogP contribution in [0.3, 0.4) is 0 Å². The lowest BCUT2D eigenvalue weighted by atomic mass is 9.89. The summed E-state index contributed by atoms with van der Waals surface area (Å²) < 4.78 is 5.36. The lowest BCUT2D eigenvalue weighted by Crippen LogP contribution is -2.32. The van der Waals surface area contributed by atoms with E-state index in [0.29, 0.717) is 18.1 Å². The summed E-state index contributed by atoms with van der Waals surface area (Å²) in [5, 5.41) is 3.28. The molecule has 0 aliphatic heterocycles. The molecule has 0 saturated heterocycles. The molecule has 1 aliphatic carbocycles. The fourth-order valence-electron chi connectivity index (χ4n) is 2.62. The van der Waals surface area contributed by atoms with Gasteiger partial charge in [-0.05, 0) is 56.4 Å². The first-order valence-corrected chi connectivity index (χ1v) is 7.77. The fourth-order valence-corrected chi connectivity index (χ4v) is 3.03. The molecule has 1 amide bonds. The van der Waals surface area contributed by atoms with Crippen LogP contribution in [0.2, 0.25) is 0 Å². The third kappa shape index (κ3) is 4.41. The van der Waals surface area contributed by atoms with Gasteiger partial charge in [-0.2, -0.15) is 0 Å². The predicted molar refractivity (Wildman–Crippen MR) is 81.5 cm³/mol. The smallest absolute Gasteiger partial charge is 0.251 e. The summed E-state index contributed by atoms with van der Waals surface area (Å²) in [6.45, 7) is 3.29. The van der Waals surface area contributed by atoms with E-state index in [1.165, 1.54) is 0 Å². The van der Waals surface area contributed by atoms with Gasteiger partial charge in [0, 0.05) is 17.5 Å². The number of carbonyl (C=O) groups excluding carboxylic acids is 1. The zero-order valence-corrected chi connectivity index (χ0v) is 12.7. The minimum absolute atomic E-state index is 0.0234. The zero-order chi connectivity index (χ0) is 14.4. The van der Waals surface area contributed by atoms with Crippen molar-refractivity contribution >= 4 is 17.5 Å². The predicted octanol–water partition coefficient (Wildman–Crippen LogP) is 3.61. The molecule has 1 fully saturated rings. The second-order valence-corrected chi connectivity index (χ2v) is 5.91. The average molecular weight is 296 g/mol. The monoisotopic (exact) mass is 295 g/mol. The van der Waals surface area contributed by atoms with Gasteiger partial charge in [-0.15, -0.1) is 11.6 Å². The van der Waals surface area contributed by atoms with Gasteiger partial charge < -0.3 is 10.1 Å². The highest BCUT2D eigenvalue weighted by molar-refractivity contribution is 6.20. The molecule has 110 valence electrons. The average Bonchev–Trinajstić information content (AvgIpc) is 2.46. The molecule has 20 heavy (non-hydrogen) atoms. The highest BCUT2D eigenvalue weighted by Crippen LogP contribution is 2.27. The van der Waals surface area contributed by atoms with Crippen LogP contribution in [0.25, 0.3) is 0 Å². The molecule has 0 heterocycles. The number of rotatable bonds is 5. The zero-order valence-electron chi connectivity index (χ0n) is 11.9. The summed E-state index contributed by atoms with van der Waals surface area (Å²) >= 11 is 6.16. The van der Waals surface area contributed by atoms with Gasteiger partial charge in [0.15, 0.2) is 0 Å². The van der Waals surface area contributed by atoms with Crippen LogP contribution in [0.4, 0.5) is 0 Å². The number of ether oxygens (including phenoxy) is 1. The van der Waals surface area contributed by atoms with E-state index < -0.39 is 0 Å². The van der Waals surface area contributed by atoms with E-state index >= 15 is 0 Å². The summed E-state index contributed by atoms with van der Waals surface area (Å²) in [5.74, 6) is 1.28. The molecule has 1 saturated carbocycles. The van der Waals surface area contributed by atoms with Crippen LogP contribution in [0.15, 0.2) is 24.3 Å². The SMILES string of the molecule is CCOc1ccc(C(=O)NCC2CCCC(Cl)C2)cc1. The largest absolute Gasteiger partial charge is 0.494 e. The number of carbonyl (C=O) groups is 1. The third-order valence-electron chi connectivity index (χ3n) is 3.70. The molecule has 4 heteroatoms. The first-order chi connectivity index (χ1) is 9.69. The van der Waals surface area contributed by atoms with Crippen molar-refractivity contribution in [3.63, 3.8) is 0 Å². The third-order valence-corrected chi connectivity index (χ3v) is 4.09. The van der Waals surface area contributed by atoms with Crippen molar-refractivity contribution < 1.29 is 9.53 Å². The maximum atomic E-state index is 12.1. The van der Waals surface area contributed by atoms with Gasteiger partial charge in [0.1, 0.15) is 5.75 Å². The van der Waals surface area contributed by atoms with E-state index in [0.717, 1.165) is 38.0 Å². The van der Waals surface area contributed by atoms with Crippen LogP contribution in [0.5, 0.6) is 5.75 Å². The minimum Gasteiger partial charge on any atom is -0.494 e. The number of benzene rings is 1. The number of nitrogens with one attached hydrogen (secondary N) is 1. The van der Waals surface area contributed by atoms with Gasteiger partial charge in [0.2, 0.25) is 0 Å². The number of amides is 1. The molecule has 2 unspecified atom stereocenters. The van der Waals surface area contributed by atoms with Crippen LogP contribution >= 0.6 is 11.6 Å². The number of halogens is 1. The summed E-state index contributed by atoms with van der Waals surface area (Å²) in [4.78, 5) is 12.1. The first kappa shape index (κ1) is 15.2. The standard InChI is InChI=1S/C16H22ClNO2/c1-2-20-15-8-6-13(7-9-15)16(19)18-11-12-4-3-5-14(17)10-12/h6-9,12,14H,2-5,10-11H2,1H3,(H,18,19). The lowest BCUT2D eigenvalue weighted by Gasteiger charge is -2.25. The van der Waals surface area contributed by atoms with Crippen LogP contribution in [0.1, 0.15) is 43.0 Å². The Labute approximate surface area is 125 Å². The molecule has 1 aromatic carbocycles. The van der Waals surface area contributed by atoms with Crippen LogP contribution in [-0.2, 0) is 0 Å². The van der Waals surface area contributed by atoms with Crippen molar-refractivity contribution in [2.45, 2.75) is 38.0 Å². The quantitative estimate of drug-likeness (QED) is 0.843. The number of hydrogen-bond acceptors (Lipinski definition) is 2. The second-order valence-electron chi connectivity index (χ2n) is 5.30. The summed E-state index contributed by atoms with van der Waals surface area (Å²) in [6, 6.07) is 7.25. The summed E-state index contributed by atoms with van der Waals surface area (Å²) in [6.07, 6.45) is 4.43. The molecule has 0 aromatic heterocycles. The highest BCUT2D eigenvalue weighted by Gasteiger charge is 2.20. The molecule has 2 rings (SSSR count). The van der Waals surface area contributed by atoms with E-state index in [-0.39, 0.29) is 11.3 Å². The van der Waals surface area contributed by atoms with E-state index in [9.17, 15) is 4.79 Å². The van der Waals surface area contributed by atoms with Gasteiger partial charge in [-0.3, -0.25) is 4.79 Å². The molecule has 1 aromatic rings. The number of alkyl halides is 1. The highest BCUT2D eigenvalue weighted by atomic mass is 35.5. The van der Waals surface area contributed by atoms with Crippen molar-refractivity contribution in [1.82, 2.24) is 5.32 Å². The maximum Gasteiger partial charge on any atom is 0.251 e. The van der Waals surface area contributed by atoms with Crippen molar-refractivity contribution in [2.75, 3.05) is 13.2 Å². The van der Waals surface area contributed by atoms with Gasteiger partial charge in [0.25, 0.3) is 5.91 Å². The molecule has 0 radical (unpaired) electrons. The van der Waals surface area contributed by atoms with Gasteiger partial charge in [-0.25, -0.2) is 0 Å². The topological polar surface area (TPSA) is 38.3 Å². The molecule has 2 atom stereocenters. The van der Waals surface area contributed by atoms with E-state index in [4.69, 9.17) is 16.3 Å². The Morgan fingerprint density at radius 1 is 1.35 bits per heavy atom. The fraction of sp³-hybridized carbons (Fsp3) is 0.562. The Hall–Kier alpha value is -1.22. The Balaban J connectivity index is 1.82. The Morgan fingerprint density at radius 2 is 2.10 bits per heavy atom. The van der Waals surface area contributed by atoms with E-state index in [1.54, 1.807) is 12.1 Å². The van der Waals surface area contributed by atoms with Crippen molar-refractivity contribution in [3.05, 3.63) is 29.8 Å². The van der Waals surface area contributed by atoms with E-state index in [2.05, 4.69) is 5.32 Å². The lowest BCUT2D eigenvalue weighted by molar-refractivity contribution is 0.0943. The molecule has 0 spiro atoms. The maximum absolute atomic E-state index is 12.1. The summed E-state index contributed by atoms with van der Waals surface area (Å²) in [7, 11) is 0. The minimum atomic E-state index is -0.0234. The molecular formula is C16H22ClNO2. The molecule has 1 N–H and O–H groups in total. The normalized spacial score (nSPS) is 22.3. The van der Waals surface area contributed by atoms with Crippen LogP contribution < -0.4 is 10.1 Å². The first-order valence-electron chi connectivity index (χ1n) is 7.34. The van der Waals surface area contributed by atoms with E-state index in [1.807, 2.05) is 19.1 Å². The summed E-state index contributed by atoms with van der Waals surface area (Å²) in [5.41, 5.74) is 0.673. The van der Waals surface area contributed by atoms with Crippen molar-refractivity contribution in [2.24, 2.45) is 5.92 Å². The van der Waals surface area contributed by atoms with Crippen LogP contribution in [-0.4, -0.2) is 24.4 Å². The molecule has 3 nitrogen and oxygen atoms in total.